The van der Waals surface area contributed by atoms with E-state index in [1.54, 1.807) is 47.4 Å². The predicted octanol–water partition coefficient (Wildman–Crippen LogP) is 6.61. The van der Waals surface area contributed by atoms with Crippen LogP contribution in [0.3, 0.4) is 0 Å². The molecule has 41 heavy (non-hydrogen) atoms. The Balaban J connectivity index is 1.55. The fourth-order valence-corrected chi connectivity index (χ4v) is 5.17. The van der Waals surface area contributed by atoms with Crippen molar-refractivity contribution >= 4 is 58.1 Å². The molecule has 0 saturated heterocycles. The Labute approximate surface area is 248 Å². The molecular formula is C31H31Cl2N3O5. The van der Waals surface area contributed by atoms with Crippen LogP contribution in [0.2, 0.25) is 10.0 Å². The lowest BCUT2D eigenvalue weighted by molar-refractivity contribution is -0.146. The van der Waals surface area contributed by atoms with E-state index in [9.17, 15) is 19.5 Å². The molecule has 0 aliphatic heterocycles. The van der Waals surface area contributed by atoms with Crippen molar-refractivity contribution in [1.82, 2.24) is 5.32 Å². The zero-order chi connectivity index (χ0) is 29.5. The van der Waals surface area contributed by atoms with Gasteiger partial charge in [-0.15, -0.1) is 0 Å². The van der Waals surface area contributed by atoms with E-state index in [4.69, 9.17) is 28.3 Å². The maximum absolute atomic E-state index is 13.5. The molecule has 0 heterocycles. The number of nitrogens with zero attached hydrogens (tertiary/aromatic N) is 1. The van der Waals surface area contributed by atoms with Crippen molar-refractivity contribution in [2.45, 2.75) is 38.8 Å². The second-order valence-electron chi connectivity index (χ2n) is 10.0. The third kappa shape index (κ3) is 8.33. The predicted molar refractivity (Wildman–Crippen MR) is 162 cm³/mol. The summed E-state index contributed by atoms with van der Waals surface area (Å²) in [4.78, 5) is 38.2. The number of aliphatic hydroxyl groups is 1. The Kier molecular flexibility index (Phi) is 10.0. The minimum atomic E-state index is -1.69. The molecule has 0 aromatic heterocycles. The molecule has 0 spiro atoms. The van der Waals surface area contributed by atoms with Crippen LogP contribution >= 0.6 is 23.2 Å². The van der Waals surface area contributed by atoms with Gasteiger partial charge in [-0.05, 0) is 84.3 Å². The fourth-order valence-electron chi connectivity index (χ4n) is 4.64. The SMILES string of the molecule is C[C@@H]1C=C(c2ccc(N(Cc3ccc(C(=O)NC[C@@H](O)C(=O)O)cc3)C(=O)Nc3cc(Cl)cc(Cl)c3)cc2)CCC1. The minimum Gasteiger partial charge on any atom is -0.479 e. The van der Waals surface area contributed by atoms with Gasteiger partial charge in [-0.3, -0.25) is 9.69 Å². The topological polar surface area (TPSA) is 119 Å². The molecule has 3 amide bonds. The number of urea groups is 1. The summed E-state index contributed by atoms with van der Waals surface area (Å²) in [5.41, 5.74) is 4.60. The number of aliphatic hydroxyl groups excluding tert-OH is 1. The van der Waals surface area contributed by atoms with Gasteiger partial charge in [0.1, 0.15) is 0 Å². The molecule has 4 N–H and O–H groups in total. The number of amides is 3. The molecule has 10 heteroatoms. The van der Waals surface area contributed by atoms with E-state index in [2.05, 4.69) is 23.6 Å². The molecule has 3 aromatic carbocycles. The molecule has 214 valence electrons. The summed E-state index contributed by atoms with van der Waals surface area (Å²) in [6.45, 7) is 2.00. The van der Waals surface area contributed by atoms with Crippen molar-refractivity contribution in [3.05, 3.63) is 99.5 Å². The average molecular weight is 597 g/mol. The maximum atomic E-state index is 13.5. The monoisotopic (exact) mass is 595 g/mol. The van der Waals surface area contributed by atoms with Gasteiger partial charge >= 0.3 is 12.0 Å². The van der Waals surface area contributed by atoms with Crippen LogP contribution in [0.5, 0.6) is 0 Å². The summed E-state index contributed by atoms with van der Waals surface area (Å²) >= 11 is 12.3. The van der Waals surface area contributed by atoms with Gasteiger partial charge in [-0.2, -0.15) is 0 Å². The molecule has 4 rings (SSSR count). The van der Waals surface area contributed by atoms with E-state index in [0.29, 0.717) is 27.3 Å². The lowest BCUT2D eigenvalue weighted by Gasteiger charge is -2.25. The fraction of sp³-hybridized carbons (Fsp3) is 0.258. The van der Waals surface area contributed by atoms with Gasteiger partial charge in [0.05, 0.1) is 13.1 Å². The number of nitrogens with one attached hydrogen (secondary N) is 2. The number of halogens is 2. The number of hydrogen-bond acceptors (Lipinski definition) is 4. The molecule has 3 aromatic rings. The van der Waals surface area contributed by atoms with Gasteiger partial charge in [0.2, 0.25) is 0 Å². The van der Waals surface area contributed by atoms with Crippen LogP contribution in [0.1, 0.15) is 47.7 Å². The lowest BCUT2D eigenvalue weighted by Crippen LogP contribution is -2.36. The Morgan fingerprint density at radius 1 is 1.00 bits per heavy atom. The molecular weight excluding hydrogens is 565 g/mol. The van der Waals surface area contributed by atoms with E-state index in [1.165, 1.54) is 12.0 Å². The molecule has 2 atom stereocenters. The van der Waals surface area contributed by atoms with Crippen LogP contribution < -0.4 is 15.5 Å². The average Bonchev–Trinajstić information content (AvgIpc) is 2.94. The number of anilines is 2. The third-order valence-electron chi connectivity index (χ3n) is 6.80. The highest BCUT2D eigenvalue weighted by molar-refractivity contribution is 6.35. The zero-order valence-electron chi connectivity index (χ0n) is 22.4. The van der Waals surface area contributed by atoms with Crippen molar-refractivity contribution in [2.24, 2.45) is 5.92 Å². The highest BCUT2D eigenvalue weighted by Crippen LogP contribution is 2.31. The number of aliphatic carboxylic acids is 1. The lowest BCUT2D eigenvalue weighted by atomic mass is 9.88. The number of carboxylic acids is 1. The van der Waals surface area contributed by atoms with Crippen molar-refractivity contribution in [3.8, 4) is 0 Å². The number of hydrogen-bond donors (Lipinski definition) is 4. The summed E-state index contributed by atoms with van der Waals surface area (Å²) in [6, 6.07) is 18.8. The van der Waals surface area contributed by atoms with Gasteiger partial charge in [-0.25, -0.2) is 9.59 Å². The first kappa shape index (κ1) is 30.1. The maximum Gasteiger partial charge on any atom is 0.334 e. The van der Waals surface area contributed by atoms with Crippen LogP contribution in [-0.2, 0) is 11.3 Å². The molecule has 0 fully saturated rings. The van der Waals surface area contributed by atoms with Crippen LogP contribution in [0.25, 0.3) is 5.57 Å². The molecule has 1 aliphatic rings. The zero-order valence-corrected chi connectivity index (χ0v) is 24.0. The summed E-state index contributed by atoms with van der Waals surface area (Å²) in [5, 5.41) is 24.2. The summed E-state index contributed by atoms with van der Waals surface area (Å²) < 4.78 is 0. The number of rotatable bonds is 9. The summed E-state index contributed by atoms with van der Waals surface area (Å²) in [7, 11) is 0. The highest BCUT2D eigenvalue weighted by atomic mass is 35.5. The molecule has 0 radical (unpaired) electrons. The van der Waals surface area contributed by atoms with E-state index in [-0.39, 0.29) is 12.1 Å². The number of benzene rings is 3. The van der Waals surface area contributed by atoms with E-state index >= 15 is 0 Å². The molecule has 0 unspecified atom stereocenters. The summed E-state index contributed by atoms with van der Waals surface area (Å²) in [6.07, 6.45) is 3.99. The van der Waals surface area contributed by atoms with Crippen LogP contribution in [-0.4, -0.2) is 40.8 Å². The van der Waals surface area contributed by atoms with E-state index < -0.39 is 30.6 Å². The Morgan fingerprint density at radius 3 is 2.27 bits per heavy atom. The Hall–Kier alpha value is -3.85. The van der Waals surface area contributed by atoms with Crippen molar-refractivity contribution in [3.63, 3.8) is 0 Å². The second-order valence-corrected chi connectivity index (χ2v) is 10.9. The van der Waals surface area contributed by atoms with E-state index in [0.717, 1.165) is 24.0 Å². The Bertz CT molecular complexity index is 1420. The number of carbonyl (C=O) groups is 3. The van der Waals surface area contributed by atoms with Crippen LogP contribution in [0.15, 0.2) is 72.8 Å². The number of allylic oxidation sites excluding steroid dienone is 2. The van der Waals surface area contributed by atoms with Gasteiger partial charge in [0, 0.05) is 27.0 Å². The first-order valence-electron chi connectivity index (χ1n) is 13.2. The largest absolute Gasteiger partial charge is 0.479 e. The second kappa shape index (κ2) is 13.7. The van der Waals surface area contributed by atoms with Gasteiger partial charge in [0.25, 0.3) is 5.91 Å². The standard InChI is InChI=1S/C31H31Cl2N3O5/c1-19-3-2-4-23(13-19)21-9-11-27(12-10-21)36(31(41)35-26-15-24(32)14-25(33)16-26)18-20-5-7-22(8-6-20)29(38)34-17-28(37)30(39)40/h5-16,19,28,37H,2-4,17-18H2,1H3,(H,34,38)(H,35,41)(H,39,40)/t19-,28+/m0/s1. The van der Waals surface area contributed by atoms with Crippen LogP contribution in [0.4, 0.5) is 16.2 Å². The quantitative estimate of drug-likeness (QED) is 0.222. The Morgan fingerprint density at radius 2 is 1.66 bits per heavy atom. The molecule has 1 aliphatic carbocycles. The number of carbonyl (C=O) groups excluding carboxylic acids is 2. The first-order valence-corrected chi connectivity index (χ1v) is 14.0. The van der Waals surface area contributed by atoms with Crippen molar-refractivity contribution < 1.29 is 24.6 Å². The van der Waals surface area contributed by atoms with Gasteiger partial charge in [0.15, 0.2) is 6.10 Å². The van der Waals surface area contributed by atoms with E-state index in [1.807, 2.05) is 24.3 Å². The normalized spacial score (nSPS) is 15.4. The summed E-state index contributed by atoms with van der Waals surface area (Å²) in [5.74, 6) is -1.40. The first-order chi connectivity index (χ1) is 19.6. The molecule has 0 bridgehead atoms. The van der Waals surface area contributed by atoms with Crippen LogP contribution in [0, 0.1) is 5.92 Å². The smallest absolute Gasteiger partial charge is 0.334 e. The van der Waals surface area contributed by atoms with Gasteiger partial charge in [-0.1, -0.05) is 60.5 Å². The minimum absolute atomic E-state index is 0.193. The number of carboxylic acid groups (broad SMARTS) is 1. The highest BCUT2D eigenvalue weighted by Gasteiger charge is 2.19. The van der Waals surface area contributed by atoms with Crippen molar-refractivity contribution in [1.29, 1.82) is 0 Å². The molecule has 8 nitrogen and oxygen atoms in total. The van der Waals surface area contributed by atoms with Gasteiger partial charge < -0.3 is 20.8 Å². The molecule has 0 saturated carbocycles. The van der Waals surface area contributed by atoms with Crippen molar-refractivity contribution in [2.75, 3.05) is 16.8 Å². The third-order valence-corrected chi connectivity index (χ3v) is 7.23.